The van der Waals surface area contributed by atoms with E-state index in [1.807, 2.05) is 0 Å². The second-order valence-corrected chi connectivity index (χ2v) is 8.06. The number of nitrogens with one attached hydrogen (secondary N) is 2. The molecule has 2 aliphatic heterocycles. The van der Waals surface area contributed by atoms with E-state index in [1.165, 1.54) is 48.3 Å². The van der Waals surface area contributed by atoms with E-state index in [0.29, 0.717) is 12.1 Å². The van der Waals surface area contributed by atoms with Crippen molar-refractivity contribution in [2.45, 2.75) is 52.6 Å². The first kappa shape index (κ1) is 19.8. The highest BCUT2D eigenvalue weighted by Crippen LogP contribution is 2.26. The molecule has 3 nitrogen and oxygen atoms in total. The van der Waals surface area contributed by atoms with Crippen molar-refractivity contribution in [1.82, 2.24) is 10.2 Å². The van der Waals surface area contributed by atoms with Crippen molar-refractivity contribution in [3.05, 3.63) is 65.4 Å². The summed E-state index contributed by atoms with van der Waals surface area (Å²) in [6, 6.07) is 9.52. The van der Waals surface area contributed by atoms with Crippen LogP contribution in [0.3, 0.4) is 0 Å². The van der Waals surface area contributed by atoms with Gasteiger partial charge in [-0.15, -0.1) is 0 Å². The van der Waals surface area contributed by atoms with Crippen LogP contribution in [-0.2, 0) is 0 Å². The van der Waals surface area contributed by atoms with Gasteiger partial charge in [0.15, 0.2) is 0 Å². The van der Waals surface area contributed by atoms with Gasteiger partial charge in [-0.3, -0.25) is 4.90 Å². The maximum atomic E-state index is 3.75. The Bertz CT molecular complexity index is 708. The zero-order chi connectivity index (χ0) is 19.2. The lowest BCUT2D eigenvalue weighted by Gasteiger charge is -2.36. The summed E-state index contributed by atoms with van der Waals surface area (Å²) in [5.41, 5.74) is 5.50. The molecule has 0 amide bonds. The first-order valence-electron chi connectivity index (χ1n) is 10.4. The van der Waals surface area contributed by atoms with Crippen LogP contribution in [0.15, 0.2) is 59.8 Å². The molecule has 0 aromatic heterocycles. The van der Waals surface area contributed by atoms with Gasteiger partial charge in [-0.25, -0.2) is 0 Å². The molecular formula is C24H35N3. The molecule has 1 aromatic carbocycles. The van der Waals surface area contributed by atoms with Crippen LogP contribution in [0.25, 0.3) is 0 Å². The van der Waals surface area contributed by atoms with Gasteiger partial charge in [-0.05, 0) is 94.6 Å². The normalized spacial score (nSPS) is 22.9. The van der Waals surface area contributed by atoms with Gasteiger partial charge in [0, 0.05) is 24.3 Å². The highest BCUT2D eigenvalue weighted by atomic mass is 15.1. The highest BCUT2D eigenvalue weighted by Gasteiger charge is 2.25. The molecule has 2 atom stereocenters. The first-order valence-corrected chi connectivity index (χ1v) is 10.4. The van der Waals surface area contributed by atoms with E-state index in [4.69, 9.17) is 0 Å². The summed E-state index contributed by atoms with van der Waals surface area (Å²) in [5, 5.41) is 7.17. The van der Waals surface area contributed by atoms with Crippen molar-refractivity contribution < 1.29 is 0 Å². The molecule has 27 heavy (non-hydrogen) atoms. The van der Waals surface area contributed by atoms with Crippen molar-refractivity contribution in [2.75, 3.05) is 25.0 Å². The fourth-order valence-corrected chi connectivity index (χ4v) is 4.28. The van der Waals surface area contributed by atoms with E-state index in [2.05, 4.69) is 91.9 Å². The van der Waals surface area contributed by atoms with Crippen LogP contribution in [0.2, 0.25) is 0 Å². The molecule has 0 bridgehead atoms. The summed E-state index contributed by atoms with van der Waals surface area (Å²) in [6.07, 6.45) is 11.3. The van der Waals surface area contributed by atoms with Crippen molar-refractivity contribution >= 4 is 5.69 Å². The molecule has 1 aromatic rings. The number of hydrogen-bond acceptors (Lipinski definition) is 3. The van der Waals surface area contributed by atoms with Gasteiger partial charge in [-0.1, -0.05) is 30.4 Å². The van der Waals surface area contributed by atoms with Crippen LogP contribution in [0, 0.1) is 12.8 Å². The van der Waals surface area contributed by atoms with Gasteiger partial charge in [0.25, 0.3) is 0 Å². The average molecular weight is 366 g/mol. The van der Waals surface area contributed by atoms with Gasteiger partial charge in [0.2, 0.25) is 0 Å². The molecule has 2 aliphatic rings. The Morgan fingerprint density at radius 1 is 1.26 bits per heavy atom. The lowest BCUT2D eigenvalue weighted by Crippen LogP contribution is -2.40. The molecule has 2 N–H and O–H groups in total. The zero-order valence-corrected chi connectivity index (χ0v) is 17.3. The van der Waals surface area contributed by atoms with E-state index in [1.54, 1.807) is 0 Å². The molecule has 2 unspecified atom stereocenters. The molecule has 0 radical (unpaired) electrons. The van der Waals surface area contributed by atoms with E-state index < -0.39 is 0 Å². The number of dihydropyridines is 1. The second kappa shape index (κ2) is 9.27. The summed E-state index contributed by atoms with van der Waals surface area (Å²) in [4.78, 5) is 2.62. The topological polar surface area (TPSA) is 27.3 Å². The minimum Gasteiger partial charge on any atom is -0.384 e. The molecule has 2 heterocycles. The average Bonchev–Trinajstić information content (AvgIpc) is 2.67. The van der Waals surface area contributed by atoms with Gasteiger partial charge >= 0.3 is 0 Å². The SMILES string of the molecule is C/C=C\C1=C(CN2CCC(C(C)Nc3ccccc3C)CC2)C=CNC1C. The largest absolute Gasteiger partial charge is 0.384 e. The Balaban J connectivity index is 1.55. The molecule has 0 saturated carbocycles. The third-order valence-electron chi connectivity index (χ3n) is 6.08. The summed E-state index contributed by atoms with van der Waals surface area (Å²) in [5.74, 6) is 0.743. The predicted octanol–water partition coefficient (Wildman–Crippen LogP) is 4.89. The van der Waals surface area contributed by atoms with Crippen LogP contribution in [0.1, 0.15) is 39.2 Å². The number of para-hydroxylation sites is 1. The summed E-state index contributed by atoms with van der Waals surface area (Å²) < 4.78 is 0. The summed E-state index contributed by atoms with van der Waals surface area (Å²) in [6.45, 7) is 12.3. The van der Waals surface area contributed by atoms with Crippen molar-refractivity contribution in [3.8, 4) is 0 Å². The summed E-state index contributed by atoms with van der Waals surface area (Å²) >= 11 is 0. The Kier molecular flexibility index (Phi) is 6.78. The Hall–Kier alpha value is -2.00. The number of nitrogens with zero attached hydrogens (tertiary/aromatic N) is 1. The van der Waals surface area contributed by atoms with Crippen molar-refractivity contribution in [1.29, 1.82) is 0 Å². The van der Waals surface area contributed by atoms with Crippen molar-refractivity contribution in [3.63, 3.8) is 0 Å². The van der Waals surface area contributed by atoms with E-state index >= 15 is 0 Å². The van der Waals surface area contributed by atoms with Gasteiger partial charge < -0.3 is 10.6 Å². The zero-order valence-electron chi connectivity index (χ0n) is 17.3. The third kappa shape index (κ3) is 5.04. The maximum Gasteiger partial charge on any atom is 0.0483 e. The van der Waals surface area contributed by atoms with Crippen LogP contribution >= 0.6 is 0 Å². The van der Waals surface area contributed by atoms with Gasteiger partial charge in [0.1, 0.15) is 0 Å². The standard InChI is InChI=1S/C24H35N3/c1-5-8-23-20(4)25-14-11-22(23)17-27-15-12-21(13-16-27)19(3)26-24-10-7-6-9-18(24)2/h5-11,14,19-21,25-26H,12-13,15-17H2,1-4H3/b8-5-. The maximum absolute atomic E-state index is 3.75. The Morgan fingerprint density at radius 2 is 2.00 bits per heavy atom. The lowest BCUT2D eigenvalue weighted by molar-refractivity contribution is 0.188. The number of rotatable bonds is 6. The smallest absolute Gasteiger partial charge is 0.0483 e. The number of likely N-dealkylation sites (tertiary alicyclic amines) is 1. The minimum atomic E-state index is 0.400. The number of aryl methyl sites for hydroxylation is 1. The predicted molar refractivity (Wildman–Crippen MR) is 117 cm³/mol. The first-order chi connectivity index (χ1) is 13.1. The van der Waals surface area contributed by atoms with Gasteiger partial charge in [-0.2, -0.15) is 0 Å². The highest BCUT2D eigenvalue weighted by molar-refractivity contribution is 5.51. The van der Waals surface area contributed by atoms with Crippen LogP contribution in [-0.4, -0.2) is 36.6 Å². The van der Waals surface area contributed by atoms with Crippen LogP contribution < -0.4 is 10.6 Å². The molecule has 0 spiro atoms. The van der Waals surface area contributed by atoms with E-state index in [-0.39, 0.29) is 0 Å². The second-order valence-electron chi connectivity index (χ2n) is 8.06. The Morgan fingerprint density at radius 3 is 2.70 bits per heavy atom. The fraction of sp³-hybridized carbons (Fsp3) is 0.500. The fourth-order valence-electron chi connectivity index (χ4n) is 4.28. The third-order valence-corrected chi connectivity index (χ3v) is 6.08. The molecule has 3 heteroatoms. The number of benzene rings is 1. The number of hydrogen-bond donors (Lipinski definition) is 2. The molecule has 3 rings (SSSR count). The molecular weight excluding hydrogens is 330 g/mol. The Labute approximate surface area is 165 Å². The number of allylic oxidation sites excluding steroid dienone is 1. The molecule has 146 valence electrons. The molecule has 1 saturated heterocycles. The van der Waals surface area contributed by atoms with Crippen LogP contribution in [0.5, 0.6) is 0 Å². The van der Waals surface area contributed by atoms with E-state index in [0.717, 1.165) is 12.5 Å². The van der Waals surface area contributed by atoms with Crippen molar-refractivity contribution in [2.24, 2.45) is 5.92 Å². The number of anilines is 1. The molecule has 1 fully saturated rings. The lowest BCUT2D eigenvalue weighted by atomic mass is 9.89. The van der Waals surface area contributed by atoms with Crippen LogP contribution in [0.4, 0.5) is 5.69 Å². The van der Waals surface area contributed by atoms with Gasteiger partial charge in [0.05, 0.1) is 0 Å². The minimum absolute atomic E-state index is 0.400. The monoisotopic (exact) mass is 365 g/mol. The quantitative estimate of drug-likeness (QED) is 0.752. The number of piperidine rings is 1. The molecule has 0 aliphatic carbocycles. The van der Waals surface area contributed by atoms with E-state index in [9.17, 15) is 0 Å². The summed E-state index contributed by atoms with van der Waals surface area (Å²) in [7, 11) is 0.